The van der Waals surface area contributed by atoms with Gasteiger partial charge >= 0.3 is 6.18 Å². The molecule has 0 N–H and O–H groups in total. The number of aromatic nitrogens is 2. The van der Waals surface area contributed by atoms with Crippen molar-refractivity contribution in [2.75, 3.05) is 19.0 Å². The molecule has 1 aromatic heterocycles. The minimum atomic E-state index is -4.34. The summed E-state index contributed by atoms with van der Waals surface area (Å²) in [5.74, 6) is 0.729. The van der Waals surface area contributed by atoms with Gasteiger partial charge in [0.05, 0.1) is 23.2 Å². The van der Waals surface area contributed by atoms with Gasteiger partial charge in [0, 0.05) is 18.9 Å². The van der Waals surface area contributed by atoms with Crippen LogP contribution in [0.4, 0.5) is 13.2 Å². The molecule has 1 aromatic carbocycles. The molecule has 0 aliphatic rings. The Balaban J connectivity index is 2.33. The van der Waals surface area contributed by atoms with Crippen molar-refractivity contribution in [2.24, 2.45) is 0 Å². The number of benzene rings is 1. The first-order valence-electron chi connectivity index (χ1n) is 7.25. The van der Waals surface area contributed by atoms with Crippen molar-refractivity contribution in [1.29, 1.82) is 0 Å². The van der Waals surface area contributed by atoms with Crippen LogP contribution < -0.4 is 0 Å². The number of halogens is 3. The Morgan fingerprint density at radius 2 is 2.05 bits per heavy atom. The van der Waals surface area contributed by atoms with Gasteiger partial charge in [0.1, 0.15) is 0 Å². The van der Waals surface area contributed by atoms with Crippen molar-refractivity contribution in [2.45, 2.75) is 38.1 Å². The average molecular weight is 332 g/mol. The van der Waals surface area contributed by atoms with Crippen LogP contribution in [-0.2, 0) is 17.5 Å². The number of hydrogen-bond acceptors (Lipinski definition) is 3. The number of ether oxygens (including phenoxy) is 1. The Morgan fingerprint density at radius 1 is 1.27 bits per heavy atom. The second-order valence-corrected chi connectivity index (χ2v) is 5.85. The lowest BCUT2D eigenvalue weighted by Crippen LogP contribution is -2.05. The van der Waals surface area contributed by atoms with Crippen LogP contribution in [0, 0.1) is 0 Å². The molecular formula is C15H19F3N2OS. The fourth-order valence-corrected chi connectivity index (χ4v) is 3.06. The fourth-order valence-electron chi connectivity index (χ4n) is 2.16. The third kappa shape index (κ3) is 3.95. The Hall–Kier alpha value is -1.21. The van der Waals surface area contributed by atoms with Gasteiger partial charge in [-0.1, -0.05) is 18.7 Å². The van der Waals surface area contributed by atoms with Crippen molar-refractivity contribution < 1.29 is 17.9 Å². The van der Waals surface area contributed by atoms with Gasteiger partial charge in [0.15, 0.2) is 5.16 Å². The Kier molecular flexibility index (Phi) is 5.74. The third-order valence-corrected chi connectivity index (χ3v) is 4.09. The van der Waals surface area contributed by atoms with E-state index in [1.807, 2.05) is 18.4 Å². The van der Waals surface area contributed by atoms with Crippen molar-refractivity contribution in [3.05, 3.63) is 23.8 Å². The molecule has 0 fully saturated rings. The number of thioether (sulfide) groups is 1. The topological polar surface area (TPSA) is 27.1 Å². The van der Waals surface area contributed by atoms with E-state index in [1.54, 1.807) is 0 Å². The van der Waals surface area contributed by atoms with Crippen molar-refractivity contribution >= 4 is 22.8 Å². The molecule has 22 heavy (non-hydrogen) atoms. The first kappa shape index (κ1) is 17.1. The van der Waals surface area contributed by atoms with E-state index in [-0.39, 0.29) is 0 Å². The predicted octanol–water partition coefficient (Wildman–Crippen LogP) is 4.59. The van der Waals surface area contributed by atoms with Crippen LogP contribution in [0.3, 0.4) is 0 Å². The first-order chi connectivity index (χ1) is 10.5. The molecule has 7 heteroatoms. The summed E-state index contributed by atoms with van der Waals surface area (Å²) in [6, 6.07) is 3.71. The summed E-state index contributed by atoms with van der Waals surface area (Å²) in [6.45, 7) is 5.82. The van der Waals surface area contributed by atoms with Crippen LogP contribution in [-0.4, -0.2) is 28.5 Å². The molecule has 0 saturated heterocycles. The smallest absolute Gasteiger partial charge is 0.381 e. The van der Waals surface area contributed by atoms with E-state index >= 15 is 0 Å². The average Bonchev–Trinajstić information content (AvgIpc) is 2.80. The molecule has 0 amide bonds. The summed E-state index contributed by atoms with van der Waals surface area (Å²) in [7, 11) is 0. The molecular weight excluding hydrogens is 313 g/mol. The molecule has 1 heterocycles. The van der Waals surface area contributed by atoms with Gasteiger partial charge in [-0.3, -0.25) is 0 Å². The zero-order valence-electron chi connectivity index (χ0n) is 12.6. The van der Waals surface area contributed by atoms with E-state index in [0.29, 0.717) is 30.8 Å². The maximum atomic E-state index is 12.9. The summed E-state index contributed by atoms with van der Waals surface area (Å²) in [5, 5.41) is 0.746. The van der Waals surface area contributed by atoms with Gasteiger partial charge in [0.2, 0.25) is 0 Å². The zero-order valence-corrected chi connectivity index (χ0v) is 13.4. The van der Waals surface area contributed by atoms with Gasteiger partial charge in [0.25, 0.3) is 0 Å². The lowest BCUT2D eigenvalue weighted by molar-refractivity contribution is -0.137. The highest BCUT2D eigenvalue weighted by Gasteiger charge is 2.31. The normalized spacial score (nSPS) is 12.2. The predicted molar refractivity (Wildman–Crippen MR) is 82.2 cm³/mol. The van der Waals surface area contributed by atoms with Crippen molar-refractivity contribution in [3.63, 3.8) is 0 Å². The SMILES string of the molecule is CCCn1c(SCCOCC)nc2ccc(C(F)(F)F)cc21. The van der Waals surface area contributed by atoms with E-state index in [1.165, 1.54) is 23.9 Å². The monoisotopic (exact) mass is 332 g/mol. The number of nitrogens with zero attached hydrogens (tertiary/aromatic N) is 2. The lowest BCUT2D eigenvalue weighted by atomic mass is 10.2. The molecule has 0 atom stereocenters. The van der Waals surface area contributed by atoms with E-state index in [2.05, 4.69) is 4.98 Å². The van der Waals surface area contributed by atoms with Crippen LogP contribution in [0.25, 0.3) is 11.0 Å². The van der Waals surface area contributed by atoms with Gasteiger partial charge < -0.3 is 9.30 Å². The van der Waals surface area contributed by atoms with Gasteiger partial charge in [-0.15, -0.1) is 0 Å². The molecule has 0 bridgehead atoms. The van der Waals surface area contributed by atoms with Crippen molar-refractivity contribution in [3.8, 4) is 0 Å². The van der Waals surface area contributed by atoms with Crippen LogP contribution in [0.15, 0.2) is 23.4 Å². The summed E-state index contributed by atoms with van der Waals surface area (Å²) in [4.78, 5) is 4.46. The second kappa shape index (κ2) is 7.37. The number of fused-ring (bicyclic) bond motifs is 1. The zero-order chi connectivity index (χ0) is 16.2. The minimum Gasteiger partial charge on any atom is -0.381 e. The summed E-state index contributed by atoms with van der Waals surface area (Å²) < 4.78 is 45.8. The second-order valence-electron chi connectivity index (χ2n) is 4.79. The maximum Gasteiger partial charge on any atom is 0.416 e. The highest BCUT2D eigenvalue weighted by atomic mass is 32.2. The molecule has 3 nitrogen and oxygen atoms in total. The van der Waals surface area contributed by atoms with Gasteiger partial charge in [-0.25, -0.2) is 4.98 Å². The van der Waals surface area contributed by atoms with E-state index < -0.39 is 11.7 Å². The summed E-state index contributed by atoms with van der Waals surface area (Å²) >= 11 is 1.51. The number of alkyl halides is 3. The van der Waals surface area contributed by atoms with Crippen molar-refractivity contribution in [1.82, 2.24) is 9.55 Å². The van der Waals surface area contributed by atoms with Gasteiger partial charge in [-0.2, -0.15) is 13.2 Å². The Labute approximate surface area is 131 Å². The molecule has 0 unspecified atom stereocenters. The Morgan fingerprint density at radius 3 is 2.68 bits per heavy atom. The molecule has 2 rings (SSSR count). The van der Waals surface area contributed by atoms with Crippen LogP contribution in [0.2, 0.25) is 0 Å². The third-order valence-electron chi connectivity index (χ3n) is 3.15. The van der Waals surface area contributed by atoms with Crippen LogP contribution in [0.1, 0.15) is 25.8 Å². The highest BCUT2D eigenvalue weighted by molar-refractivity contribution is 7.99. The fraction of sp³-hybridized carbons (Fsp3) is 0.533. The van der Waals surface area contributed by atoms with E-state index in [4.69, 9.17) is 4.74 Å². The molecule has 0 aliphatic carbocycles. The first-order valence-corrected chi connectivity index (χ1v) is 8.24. The summed E-state index contributed by atoms with van der Waals surface area (Å²) in [6.07, 6.45) is -3.50. The largest absolute Gasteiger partial charge is 0.416 e. The standard InChI is InChI=1S/C15H19F3N2OS/c1-3-7-20-13-10-11(15(16,17)18)5-6-12(13)19-14(20)22-9-8-21-4-2/h5-6,10H,3-4,7-9H2,1-2H3. The van der Waals surface area contributed by atoms with Crippen LogP contribution in [0.5, 0.6) is 0 Å². The number of rotatable bonds is 7. The molecule has 122 valence electrons. The van der Waals surface area contributed by atoms with Crippen LogP contribution >= 0.6 is 11.8 Å². The number of hydrogen-bond donors (Lipinski definition) is 0. The molecule has 0 radical (unpaired) electrons. The molecule has 0 spiro atoms. The minimum absolute atomic E-state index is 0.538. The highest BCUT2D eigenvalue weighted by Crippen LogP contribution is 2.33. The summed E-state index contributed by atoms with van der Waals surface area (Å²) in [5.41, 5.74) is 0.499. The van der Waals surface area contributed by atoms with E-state index in [0.717, 1.165) is 23.4 Å². The Bertz CT molecular complexity index is 625. The number of aryl methyl sites for hydroxylation is 1. The quantitative estimate of drug-likeness (QED) is 0.548. The molecule has 0 saturated carbocycles. The van der Waals surface area contributed by atoms with Gasteiger partial charge in [-0.05, 0) is 31.5 Å². The molecule has 0 aliphatic heterocycles. The lowest BCUT2D eigenvalue weighted by Gasteiger charge is -2.09. The number of imidazole rings is 1. The molecule has 2 aromatic rings. The maximum absolute atomic E-state index is 12.9. The van der Waals surface area contributed by atoms with E-state index in [9.17, 15) is 13.2 Å².